The number of thiazole rings is 1. The fourth-order valence-corrected chi connectivity index (χ4v) is 4.95. The lowest BCUT2D eigenvalue weighted by Gasteiger charge is -2.22. The molecule has 1 aliphatic rings. The van der Waals surface area contributed by atoms with Crippen LogP contribution in [0.15, 0.2) is 60.0 Å². The van der Waals surface area contributed by atoms with Gasteiger partial charge in [-0.05, 0) is 49.7 Å². The molecule has 0 N–H and O–H groups in total. The molecule has 0 unspecified atom stereocenters. The van der Waals surface area contributed by atoms with Crippen molar-refractivity contribution in [2.24, 2.45) is 0 Å². The number of benzene rings is 2. The molecule has 5 nitrogen and oxygen atoms in total. The number of carbonyl (C=O) groups is 1. The summed E-state index contributed by atoms with van der Waals surface area (Å²) in [4.78, 5) is 27.2. The number of aromatic nitrogens is 2. The van der Waals surface area contributed by atoms with Crippen LogP contribution in [-0.2, 0) is 0 Å². The third kappa shape index (κ3) is 4.08. The van der Waals surface area contributed by atoms with Crippen LogP contribution in [0.25, 0.3) is 22.2 Å². The Morgan fingerprint density at radius 2 is 1.81 bits per heavy atom. The van der Waals surface area contributed by atoms with E-state index >= 15 is 0 Å². The van der Waals surface area contributed by atoms with Gasteiger partial charge < -0.3 is 9.80 Å². The van der Waals surface area contributed by atoms with Gasteiger partial charge in [-0.15, -0.1) is 11.3 Å². The van der Waals surface area contributed by atoms with Gasteiger partial charge in [0.1, 0.15) is 5.82 Å². The summed E-state index contributed by atoms with van der Waals surface area (Å²) < 4.78 is 13.4. The first kappa shape index (κ1) is 20.6. The fraction of sp³-hybridized carbons (Fsp3) is 0.240. The number of pyridine rings is 1. The number of aryl methyl sites for hydroxylation is 1. The van der Waals surface area contributed by atoms with Crippen molar-refractivity contribution >= 4 is 33.3 Å². The lowest BCUT2D eigenvalue weighted by Crippen LogP contribution is -2.35. The molecule has 1 fully saturated rings. The lowest BCUT2D eigenvalue weighted by molar-refractivity contribution is 0.0769. The van der Waals surface area contributed by atoms with Gasteiger partial charge >= 0.3 is 0 Å². The molecule has 0 saturated carbocycles. The molecule has 32 heavy (non-hydrogen) atoms. The average Bonchev–Trinajstić information content (AvgIpc) is 3.10. The Morgan fingerprint density at radius 1 is 1.00 bits per heavy atom. The quantitative estimate of drug-likeness (QED) is 0.436. The van der Waals surface area contributed by atoms with E-state index in [4.69, 9.17) is 4.98 Å². The van der Waals surface area contributed by atoms with Gasteiger partial charge in [-0.3, -0.25) is 4.79 Å². The Hall–Kier alpha value is -3.32. The van der Waals surface area contributed by atoms with Gasteiger partial charge in [0.15, 0.2) is 5.13 Å². The largest absolute Gasteiger partial charge is 0.346 e. The van der Waals surface area contributed by atoms with E-state index in [1.165, 1.54) is 12.1 Å². The maximum Gasteiger partial charge on any atom is 0.254 e. The molecule has 3 heterocycles. The molecule has 0 atom stereocenters. The van der Waals surface area contributed by atoms with Crippen LogP contribution in [-0.4, -0.2) is 47.0 Å². The minimum atomic E-state index is -0.296. The first-order valence-corrected chi connectivity index (χ1v) is 11.6. The van der Waals surface area contributed by atoms with E-state index in [2.05, 4.69) is 15.3 Å². The monoisotopic (exact) mass is 446 g/mol. The zero-order chi connectivity index (χ0) is 22.1. The second-order valence-electron chi connectivity index (χ2n) is 7.98. The predicted octanol–water partition coefficient (Wildman–Crippen LogP) is 5.16. The first-order valence-electron chi connectivity index (χ1n) is 10.7. The third-order valence-corrected chi connectivity index (χ3v) is 6.77. The molecule has 1 saturated heterocycles. The van der Waals surface area contributed by atoms with Crippen molar-refractivity contribution in [1.29, 1.82) is 0 Å². The zero-order valence-electron chi connectivity index (χ0n) is 17.8. The van der Waals surface area contributed by atoms with E-state index in [0.717, 1.165) is 46.8 Å². The highest BCUT2D eigenvalue weighted by atomic mass is 32.1. The maximum absolute atomic E-state index is 13.7. The molecule has 1 aliphatic heterocycles. The zero-order valence-corrected chi connectivity index (χ0v) is 18.6. The molecular weight excluding hydrogens is 423 g/mol. The van der Waals surface area contributed by atoms with E-state index in [1.807, 2.05) is 42.2 Å². The van der Waals surface area contributed by atoms with Crippen molar-refractivity contribution in [2.45, 2.75) is 13.3 Å². The Labute approximate surface area is 190 Å². The van der Waals surface area contributed by atoms with Gasteiger partial charge in [-0.1, -0.05) is 18.2 Å². The number of para-hydroxylation sites is 1. The van der Waals surface area contributed by atoms with Crippen molar-refractivity contribution < 1.29 is 9.18 Å². The van der Waals surface area contributed by atoms with Gasteiger partial charge in [-0.2, -0.15) is 0 Å². The standard InChI is InChI=1S/C25H23FN4OS/c1-17-16-32-25(27-17)30-12-4-11-29(13-14-30)24(31)21-15-23(18-7-9-19(26)10-8-18)28-22-6-3-2-5-20(21)22/h2-3,5-10,15-16H,4,11-14H2,1H3. The van der Waals surface area contributed by atoms with Crippen LogP contribution < -0.4 is 4.90 Å². The van der Waals surface area contributed by atoms with Gasteiger partial charge in [0, 0.05) is 42.5 Å². The number of carbonyl (C=O) groups excluding carboxylic acids is 1. The Morgan fingerprint density at radius 3 is 2.59 bits per heavy atom. The topological polar surface area (TPSA) is 49.3 Å². The molecule has 7 heteroatoms. The molecular formula is C25H23FN4OS. The summed E-state index contributed by atoms with van der Waals surface area (Å²) in [6.07, 6.45) is 0.887. The van der Waals surface area contributed by atoms with Crippen LogP contribution in [0.5, 0.6) is 0 Å². The van der Waals surface area contributed by atoms with Crippen molar-refractivity contribution in [3.63, 3.8) is 0 Å². The third-order valence-electron chi connectivity index (χ3n) is 5.75. The van der Waals surface area contributed by atoms with Crippen LogP contribution >= 0.6 is 11.3 Å². The highest BCUT2D eigenvalue weighted by Gasteiger charge is 2.24. The summed E-state index contributed by atoms with van der Waals surface area (Å²) in [6, 6.07) is 15.7. The summed E-state index contributed by atoms with van der Waals surface area (Å²) in [5.74, 6) is -0.292. The number of fused-ring (bicyclic) bond motifs is 1. The number of anilines is 1. The van der Waals surface area contributed by atoms with E-state index in [-0.39, 0.29) is 11.7 Å². The van der Waals surface area contributed by atoms with Crippen LogP contribution in [0.1, 0.15) is 22.5 Å². The summed E-state index contributed by atoms with van der Waals surface area (Å²) in [7, 11) is 0. The smallest absolute Gasteiger partial charge is 0.254 e. The second-order valence-corrected chi connectivity index (χ2v) is 8.82. The SMILES string of the molecule is Cc1csc(N2CCCN(C(=O)c3cc(-c4ccc(F)cc4)nc4ccccc34)CC2)n1. The van der Waals surface area contributed by atoms with Crippen molar-refractivity contribution in [3.8, 4) is 11.3 Å². The fourth-order valence-electron chi connectivity index (χ4n) is 4.09. The summed E-state index contributed by atoms with van der Waals surface area (Å²) >= 11 is 1.65. The summed E-state index contributed by atoms with van der Waals surface area (Å²) in [5.41, 5.74) is 3.87. The number of amides is 1. The summed E-state index contributed by atoms with van der Waals surface area (Å²) in [5, 5.41) is 3.91. The van der Waals surface area contributed by atoms with Crippen molar-refractivity contribution in [2.75, 3.05) is 31.1 Å². The number of hydrogen-bond acceptors (Lipinski definition) is 5. The Bertz CT molecular complexity index is 1270. The molecule has 5 rings (SSSR count). The minimum Gasteiger partial charge on any atom is -0.346 e. The maximum atomic E-state index is 13.7. The van der Waals surface area contributed by atoms with E-state index < -0.39 is 0 Å². The minimum absolute atomic E-state index is 0.00383. The van der Waals surface area contributed by atoms with Gasteiger partial charge in [0.05, 0.1) is 22.5 Å². The normalized spacial score (nSPS) is 14.6. The summed E-state index contributed by atoms with van der Waals surface area (Å²) in [6.45, 7) is 4.98. The molecule has 0 radical (unpaired) electrons. The van der Waals surface area contributed by atoms with Crippen LogP contribution in [0.2, 0.25) is 0 Å². The van der Waals surface area contributed by atoms with Crippen LogP contribution in [0, 0.1) is 12.7 Å². The second kappa shape index (κ2) is 8.67. The Kier molecular flexibility index (Phi) is 5.57. The predicted molar refractivity (Wildman–Crippen MR) is 127 cm³/mol. The highest BCUT2D eigenvalue weighted by molar-refractivity contribution is 7.13. The average molecular weight is 447 g/mol. The van der Waals surface area contributed by atoms with Crippen LogP contribution in [0.4, 0.5) is 9.52 Å². The van der Waals surface area contributed by atoms with E-state index in [0.29, 0.717) is 24.3 Å². The number of hydrogen-bond donors (Lipinski definition) is 0. The van der Waals surface area contributed by atoms with Gasteiger partial charge in [0.2, 0.25) is 0 Å². The molecule has 162 valence electrons. The van der Waals surface area contributed by atoms with E-state index in [9.17, 15) is 9.18 Å². The number of rotatable bonds is 3. The molecule has 1 amide bonds. The lowest BCUT2D eigenvalue weighted by atomic mass is 10.0. The van der Waals surface area contributed by atoms with Crippen LogP contribution in [0.3, 0.4) is 0 Å². The van der Waals surface area contributed by atoms with Crippen molar-refractivity contribution in [1.82, 2.24) is 14.9 Å². The first-order chi connectivity index (χ1) is 15.6. The molecule has 2 aromatic carbocycles. The highest BCUT2D eigenvalue weighted by Crippen LogP contribution is 2.27. The molecule has 2 aromatic heterocycles. The molecule has 0 spiro atoms. The Balaban J connectivity index is 1.46. The molecule has 0 aliphatic carbocycles. The molecule has 4 aromatic rings. The van der Waals surface area contributed by atoms with Gasteiger partial charge in [0.25, 0.3) is 5.91 Å². The molecule has 0 bridgehead atoms. The van der Waals surface area contributed by atoms with Gasteiger partial charge in [-0.25, -0.2) is 14.4 Å². The number of nitrogens with zero attached hydrogens (tertiary/aromatic N) is 4. The number of halogens is 1. The van der Waals surface area contributed by atoms with E-state index in [1.54, 1.807) is 23.5 Å². The van der Waals surface area contributed by atoms with Crippen molar-refractivity contribution in [3.05, 3.63) is 77.1 Å².